The minimum Gasteiger partial charge on any atom is -0.351 e. The number of hydrogen-bond acceptors (Lipinski definition) is 5. The zero-order chi connectivity index (χ0) is 19.3. The second kappa shape index (κ2) is 6.46. The van der Waals surface area contributed by atoms with Gasteiger partial charge in [-0.2, -0.15) is 10.4 Å². The van der Waals surface area contributed by atoms with Crippen LogP contribution in [0.15, 0.2) is 36.5 Å². The number of aromatic nitrogens is 3. The Bertz CT molecular complexity index is 1060. The van der Waals surface area contributed by atoms with E-state index in [2.05, 4.69) is 46.6 Å². The first-order chi connectivity index (χ1) is 13.6. The molecule has 1 aromatic carbocycles. The van der Waals surface area contributed by atoms with Crippen LogP contribution in [0.3, 0.4) is 0 Å². The van der Waals surface area contributed by atoms with E-state index in [9.17, 15) is 5.26 Å². The molecule has 4 heterocycles. The number of fused-ring (bicyclic) bond motifs is 3. The van der Waals surface area contributed by atoms with Crippen LogP contribution in [-0.4, -0.2) is 27.4 Å². The number of benzene rings is 1. The normalized spacial score (nSPS) is 23.8. The van der Waals surface area contributed by atoms with Gasteiger partial charge in [-0.05, 0) is 45.2 Å². The van der Waals surface area contributed by atoms with E-state index >= 15 is 0 Å². The van der Waals surface area contributed by atoms with Gasteiger partial charge in [0.15, 0.2) is 0 Å². The molecule has 2 aliphatic rings. The lowest BCUT2D eigenvalue weighted by atomic mass is 9.70. The molecule has 0 amide bonds. The van der Waals surface area contributed by atoms with E-state index in [0.717, 1.165) is 47.1 Å². The first kappa shape index (κ1) is 17.4. The highest BCUT2D eigenvalue weighted by molar-refractivity contribution is 7.11. The molecule has 2 aliphatic heterocycles. The third kappa shape index (κ3) is 2.43. The number of piperidine rings is 1. The predicted molar refractivity (Wildman–Crippen MR) is 111 cm³/mol. The van der Waals surface area contributed by atoms with Gasteiger partial charge in [0.05, 0.1) is 23.5 Å². The Balaban J connectivity index is 1.73. The van der Waals surface area contributed by atoms with Gasteiger partial charge in [0.25, 0.3) is 0 Å². The van der Waals surface area contributed by atoms with Gasteiger partial charge in [-0.1, -0.05) is 18.2 Å². The summed E-state index contributed by atoms with van der Waals surface area (Å²) in [5, 5.41) is 16.3. The van der Waals surface area contributed by atoms with Gasteiger partial charge in [0.1, 0.15) is 16.2 Å². The molecule has 0 bridgehead atoms. The maximum Gasteiger partial charge on any atom is 0.136 e. The summed E-state index contributed by atoms with van der Waals surface area (Å²) < 4.78 is 2.08. The van der Waals surface area contributed by atoms with E-state index in [1.165, 1.54) is 11.4 Å². The standard InChI is InChI=1S/C22H23N5S/c1-15-13-24-21(28-15)22(14-23)12-18-16(2)25-27(17-8-4-3-5-9-17)20(18)26-11-7-6-10-19(22)26/h3-5,8-9,13,19H,6-7,10-12H2,1-2H3/t19-,22-/m0/s1. The monoisotopic (exact) mass is 389 g/mol. The van der Waals surface area contributed by atoms with Gasteiger partial charge >= 0.3 is 0 Å². The van der Waals surface area contributed by atoms with Crippen molar-refractivity contribution in [2.24, 2.45) is 0 Å². The Kier molecular flexibility index (Phi) is 4.02. The van der Waals surface area contributed by atoms with E-state index < -0.39 is 5.41 Å². The molecule has 0 unspecified atom stereocenters. The molecule has 28 heavy (non-hydrogen) atoms. The zero-order valence-corrected chi connectivity index (χ0v) is 17.0. The molecule has 1 saturated heterocycles. The lowest BCUT2D eigenvalue weighted by Crippen LogP contribution is -2.57. The molecule has 0 radical (unpaired) electrons. The average Bonchev–Trinajstić information content (AvgIpc) is 3.32. The zero-order valence-electron chi connectivity index (χ0n) is 16.2. The van der Waals surface area contributed by atoms with Crippen LogP contribution in [-0.2, 0) is 11.8 Å². The van der Waals surface area contributed by atoms with Crippen molar-refractivity contribution in [3.63, 3.8) is 0 Å². The van der Waals surface area contributed by atoms with Crippen LogP contribution >= 0.6 is 11.3 Å². The fraction of sp³-hybridized carbons (Fsp3) is 0.409. The van der Waals surface area contributed by atoms with Gasteiger partial charge < -0.3 is 4.90 Å². The van der Waals surface area contributed by atoms with Crippen molar-refractivity contribution in [3.8, 4) is 11.8 Å². The number of para-hydroxylation sites is 1. The molecule has 6 heteroatoms. The predicted octanol–water partition coefficient (Wildman–Crippen LogP) is 4.32. The highest BCUT2D eigenvalue weighted by Gasteiger charge is 2.52. The topological polar surface area (TPSA) is 57.7 Å². The van der Waals surface area contributed by atoms with Crippen molar-refractivity contribution < 1.29 is 0 Å². The number of thiazole rings is 1. The van der Waals surface area contributed by atoms with E-state index in [-0.39, 0.29) is 6.04 Å². The molecule has 5 nitrogen and oxygen atoms in total. The molecule has 2 atom stereocenters. The number of nitriles is 1. The largest absolute Gasteiger partial charge is 0.351 e. The van der Waals surface area contributed by atoms with E-state index in [1.54, 1.807) is 11.3 Å². The number of hydrogen-bond donors (Lipinski definition) is 0. The smallest absolute Gasteiger partial charge is 0.136 e. The first-order valence-corrected chi connectivity index (χ1v) is 10.7. The Morgan fingerprint density at radius 1 is 1.21 bits per heavy atom. The first-order valence-electron chi connectivity index (χ1n) is 9.89. The Hall–Kier alpha value is -2.65. The molecular formula is C22H23N5S. The minimum absolute atomic E-state index is 0.142. The third-order valence-corrected chi connectivity index (χ3v) is 7.25. The summed E-state index contributed by atoms with van der Waals surface area (Å²) in [6, 6.07) is 13.2. The molecule has 5 rings (SSSR count). The fourth-order valence-corrected chi connectivity index (χ4v) is 5.79. The Morgan fingerprint density at radius 3 is 2.75 bits per heavy atom. The van der Waals surface area contributed by atoms with Crippen LogP contribution in [0.5, 0.6) is 0 Å². The molecule has 0 spiro atoms. The summed E-state index contributed by atoms with van der Waals surface area (Å²) >= 11 is 1.67. The second-order valence-corrected chi connectivity index (χ2v) is 9.11. The lowest BCUT2D eigenvalue weighted by Gasteiger charge is -2.48. The van der Waals surface area contributed by atoms with Crippen LogP contribution in [0.4, 0.5) is 5.82 Å². The molecule has 0 N–H and O–H groups in total. The summed E-state index contributed by atoms with van der Waals surface area (Å²) in [4.78, 5) is 8.30. The molecule has 0 saturated carbocycles. The molecule has 0 aliphatic carbocycles. The van der Waals surface area contributed by atoms with Crippen molar-refractivity contribution in [3.05, 3.63) is 57.7 Å². The fourth-order valence-electron chi connectivity index (χ4n) is 4.83. The van der Waals surface area contributed by atoms with E-state index in [4.69, 9.17) is 5.10 Å². The van der Waals surface area contributed by atoms with Crippen molar-refractivity contribution in [2.75, 3.05) is 11.4 Å². The van der Waals surface area contributed by atoms with Gasteiger partial charge in [-0.25, -0.2) is 9.67 Å². The van der Waals surface area contributed by atoms with Crippen LogP contribution in [0, 0.1) is 25.2 Å². The van der Waals surface area contributed by atoms with Crippen LogP contribution < -0.4 is 4.90 Å². The van der Waals surface area contributed by atoms with Crippen molar-refractivity contribution in [1.82, 2.24) is 14.8 Å². The average molecular weight is 390 g/mol. The number of rotatable bonds is 2. The van der Waals surface area contributed by atoms with Crippen molar-refractivity contribution in [1.29, 1.82) is 5.26 Å². The maximum atomic E-state index is 10.4. The van der Waals surface area contributed by atoms with E-state index in [1.807, 2.05) is 24.4 Å². The molecule has 2 aromatic heterocycles. The van der Waals surface area contributed by atoms with Crippen LogP contribution in [0.25, 0.3) is 5.69 Å². The summed E-state index contributed by atoms with van der Waals surface area (Å²) in [6.45, 7) is 5.10. The molecular weight excluding hydrogens is 366 g/mol. The van der Waals surface area contributed by atoms with Gasteiger partial charge in [-0.3, -0.25) is 0 Å². The van der Waals surface area contributed by atoms with Crippen LogP contribution in [0.2, 0.25) is 0 Å². The molecule has 3 aromatic rings. The minimum atomic E-state index is -0.596. The summed E-state index contributed by atoms with van der Waals surface area (Å²) in [5.41, 5.74) is 2.68. The highest BCUT2D eigenvalue weighted by Crippen LogP contribution is 2.48. The highest BCUT2D eigenvalue weighted by atomic mass is 32.1. The summed E-state index contributed by atoms with van der Waals surface area (Å²) in [6.07, 6.45) is 5.91. The Labute approximate surface area is 169 Å². The van der Waals surface area contributed by atoms with Crippen molar-refractivity contribution in [2.45, 2.75) is 51.0 Å². The quantitative estimate of drug-likeness (QED) is 0.655. The number of aryl methyl sites for hydroxylation is 2. The number of nitrogens with zero attached hydrogens (tertiary/aromatic N) is 5. The lowest BCUT2D eigenvalue weighted by molar-refractivity contribution is 0.320. The van der Waals surface area contributed by atoms with Gasteiger partial charge in [-0.15, -0.1) is 11.3 Å². The Morgan fingerprint density at radius 2 is 2.04 bits per heavy atom. The number of anilines is 1. The second-order valence-electron chi connectivity index (χ2n) is 7.88. The van der Waals surface area contributed by atoms with Gasteiger partial charge in [0, 0.05) is 29.6 Å². The summed E-state index contributed by atoms with van der Waals surface area (Å²) in [7, 11) is 0. The van der Waals surface area contributed by atoms with Crippen molar-refractivity contribution >= 4 is 17.2 Å². The SMILES string of the molecule is Cc1cnc([C@]2(C#N)Cc3c(C)nn(-c4ccccc4)c3N3CCCC[C@H]32)s1. The van der Waals surface area contributed by atoms with E-state index in [0.29, 0.717) is 6.42 Å². The van der Waals surface area contributed by atoms with Crippen LogP contribution in [0.1, 0.15) is 40.4 Å². The molecule has 142 valence electrons. The maximum absolute atomic E-state index is 10.4. The molecule has 1 fully saturated rings. The summed E-state index contributed by atoms with van der Waals surface area (Å²) in [5.74, 6) is 1.17. The third-order valence-electron chi connectivity index (χ3n) is 6.16. The van der Waals surface area contributed by atoms with Gasteiger partial charge in [0.2, 0.25) is 0 Å².